The number of nitrogens with zero attached hydrogens (tertiary/aromatic N) is 2. The molecule has 1 unspecified atom stereocenters. The number of allylic oxidation sites excluding steroid dienone is 1. The standard InChI is InChI=1S/C25H27N5O4S/c1-15-23(16(2)29(28-15)21-9-4-5-10-22(21)30(32)33)17-11-12-20(13-17)27-25(35)26-19-8-6-7-18(14-19)24(31)34-3/h4-12,14,17,20,30,32H,13H2,1-3H3,(H2,26,27,35)/t17-,20-/m1/s1. The zero-order chi connectivity index (χ0) is 25.1. The van der Waals surface area contributed by atoms with Crippen LogP contribution in [-0.2, 0) is 4.74 Å². The molecule has 4 rings (SSSR count). The Bertz CT molecular complexity index is 1290. The molecule has 0 spiro atoms. The Morgan fingerprint density at radius 3 is 2.74 bits per heavy atom. The fourth-order valence-electron chi connectivity index (χ4n) is 4.46. The Kier molecular flexibility index (Phi) is 7.27. The van der Waals surface area contributed by atoms with Crippen molar-refractivity contribution in [2.75, 3.05) is 12.4 Å². The number of methoxy groups -OCH3 is 1. The summed E-state index contributed by atoms with van der Waals surface area (Å²) in [5.41, 5.74) is 4.73. The zero-order valence-corrected chi connectivity index (χ0v) is 20.4. The summed E-state index contributed by atoms with van der Waals surface area (Å²) in [6.45, 7) is 3.90. The molecule has 182 valence electrons. The van der Waals surface area contributed by atoms with E-state index in [2.05, 4.69) is 27.9 Å². The number of quaternary nitrogens is 1. The van der Waals surface area contributed by atoms with Gasteiger partial charge in [-0.25, -0.2) is 14.7 Å². The fourth-order valence-corrected chi connectivity index (χ4v) is 4.73. The maximum absolute atomic E-state index is 11.8. The van der Waals surface area contributed by atoms with E-state index < -0.39 is 11.2 Å². The van der Waals surface area contributed by atoms with Crippen LogP contribution in [0.5, 0.6) is 0 Å². The van der Waals surface area contributed by atoms with Crippen LogP contribution in [0.1, 0.15) is 39.6 Å². The number of aryl methyl sites for hydroxylation is 1. The fraction of sp³-hybridized carbons (Fsp3) is 0.240. The zero-order valence-electron chi connectivity index (χ0n) is 19.6. The number of rotatable bonds is 6. The van der Waals surface area contributed by atoms with Gasteiger partial charge in [0.1, 0.15) is 5.69 Å². The first-order valence-corrected chi connectivity index (χ1v) is 11.5. The third-order valence-electron chi connectivity index (χ3n) is 6.02. The van der Waals surface area contributed by atoms with Crippen molar-refractivity contribution < 1.29 is 20.0 Å². The molecule has 9 nitrogen and oxygen atoms in total. The number of carbonyl (C=O) groups excluding carboxylic acids is 1. The normalized spacial score (nSPS) is 17.7. The van der Waals surface area contributed by atoms with Crippen molar-refractivity contribution in [3.8, 4) is 5.69 Å². The van der Waals surface area contributed by atoms with Crippen LogP contribution in [0, 0.1) is 19.1 Å². The van der Waals surface area contributed by atoms with E-state index in [1.165, 1.54) is 7.11 Å². The van der Waals surface area contributed by atoms with Crippen molar-refractivity contribution in [3.63, 3.8) is 0 Å². The quantitative estimate of drug-likeness (QED) is 0.179. The van der Waals surface area contributed by atoms with E-state index in [0.717, 1.165) is 23.4 Å². The molecule has 0 amide bonds. The number of carbonyl (C=O) groups is 1. The summed E-state index contributed by atoms with van der Waals surface area (Å²) in [6.07, 6.45) is 4.98. The van der Waals surface area contributed by atoms with Crippen LogP contribution in [0.2, 0.25) is 0 Å². The number of esters is 1. The van der Waals surface area contributed by atoms with Gasteiger partial charge in [0.15, 0.2) is 10.8 Å². The monoisotopic (exact) mass is 493 g/mol. The van der Waals surface area contributed by atoms with Gasteiger partial charge in [0.25, 0.3) is 0 Å². The van der Waals surface area contributed by atoms with Crippen molar-refractivity contribution in [3.05, 3.63) is 88.4 Å². The molecule has 0 saturated carbocycles. The van der Waals surface area contributed by atoms with Crippen molar-refractivity contribution in [2.24, 2.45) is 0 Å². The van der Waals surface area contributed by atoms with E-state index in [9.17, 15) is 15.2 Å². The van der Waals surface area contributed by atoms with Crippen molar-refractivity contribution in [2.45, 2.75) is 32.2 Å². The predicted molar refractivity (Wildman–Crippen MR) is 136 cm³/mol. The second-order valence-corrected chi connectivity index (χ2v) is 8.73. The molecule has 3 aromatic rings. The van der Waals surface area contributed by atoms with Crippen LogP contribution in [0.15, 0.2) is 60.7 Å². The Morgan fingerprint density at radius 1 is 1.23 bits per heavy atom. The van der Waals surface area contributed by atoms with Gasteiger partial charge in [-0.2, -0.15) is 10.3 Å². The SMILES string of the molecule is COC(=O)c1cccc(NC(=S)N[C@@H]2C=C[C@@H](c3c(C)nn(-c4ccccc4[NH+]([O-])O)c3C)C2)c1. The summed E-state index contributed by atoms with van der Waals surface area (Å²) in [7, 11) is 1.34. The highest BCUT2D eigenvalue weighted by Gasteiger charge is 2.27. The van der Waals surface area contributed by atoms with Gasteiger partial charge in [-0.1, -0.05) is 30.4 Å². The first-order valence-electron chi connectivity index (χ1n) is 11.1. The lowest BCUT2D eigenvalue weighted by molar-refractivity contribution is -0.991. The van der Waals surface area contributed by atoms with E-state index >= 15 is 0 Å². The molecule has 0 aliphatic heterocycles. The molecule has 1 aliphatic carbocycles. The van der Waals surface area contributed by atoms with Gasteiger partial charge in [-0.3, -0.25) is 0 Å². The van der Waals surface area contributed by atoms with Gasteiger partial charge >= 0.3 is 5.97 Å². The molecular formula is C25H27N5O4S. The third-order valence-corrected chi connectivity index (χ3v) is 6.24. The maximum atomic E-state index is 11.8. The first-order chi connectivity index (χ1) is 16.8. The lowest BCUT2D eigenvalue weighted by Crippen LogP contribution is -2.99. The highest BCUT2D eigenvalue weighted by molar-refractivity contribution is 7.80. The molecule has 0 fully saturated rings. The summed E-state index contributed by atoms with van der Waals surface area (Å²) in [6, 6.07) is 13.8. The molecule has 0 radical (unpaired) electrons. The topological polar surface area (TPSA) is 116 Å². The molecule has 35 heavy (non-hydrogen) atoms. The number of para-hydroxylation sites is 2. The highest BCUT2D eigenvalue weighted by Crippen LogP contribution is 2.34. The molecule has 3 atom stereocenters. The van der Waals surface area contributed by atoms with Crippen molar-refractivity contribution >= 4 is 34.7 Å². The molecule has 2 aromatic carbocycles. The van der Waals surface area contributed by atoms with Crippen molar-refractivity contribution in [1.82, 2.24) is 15.1 Å². The minimum atomic E-state index is -0.988. The summed E-state index contributed by atoms with van der Waals surface area (Å²) >= 11 is 5.48. The third kappa shape index (κ3) is 5.25. The summed E-state index contributed by atoms with van der Waals surface area (Å²) in [5.74, 6) is -0.296. The molecule has 1 heterocycles. The van der Waals surface area contributed by atoms with Crippen LogP contribution >= 0.6 is 12.2 Å². The highest BCUT2D eigenvalue weighted by atomic mass is 32.1. The molecule has 1 aliphatic rings. The Hall–Kier alpha value is -3.57. The van der Waals surface area contributed by atoms with Gasteiger partial charge in [0, 0.05) is 35.0 Å². The summed E-state index contributed by atoms with van der Waals surface area (Å²) in [5, 5.41) is 31.8. The van der Waals surface area contributed by atoms with Gasteiger partial charge in [-0.15, -0.1) is 0 Å². The lowest BCUT2D eigenvalue weighted by Gasteiger charge is -2.18. The molecule has 0 saturated heterocycles. The predicted octanol–water partition coefficient (Wildman–Crippen LogP) is 3.08. The number of hydrogen-bond acceptors (Lipinski definition) is 6. The van der Waals surface area contributed by atoms with Gasteiger partial charge in [-0.05, 0) is 56.8 Å². The minimum absolute atomic E-state index is 0.0113. The first kappa shape index (κ1) is 24.6. The number of ether oxygens (including phenoxy) is 1. The molecule has 4 N–H and O–H groups in total. The van der Waals surface area contributed by atoms with E-state index in [-0.39, 0.29) is 17.6 Å². The second kappa shape index (κ2) is 10.4. The van der Waals surface area contributed by atoms with Crippen LogP contribution in [0.4, 0.5) is 11.4 Å². The Labute approximate surface area is 208 Å². The smallest absolute Gasteiger partial charge is 0.337 e. The number of hydrogen-bond donors (Lipinski definition) is 4. The number of anilines is 1. The molecule has 1 aromatic heterocycles. The molecule has 0 bridgehead atoms. The summed E-state index contributed by atoms with van der Waals surface area (Å²) in [4.78, 5) is 11.8. The number of thiocarbonyl (C=S) groups is 1. The maximum Gasteiger partial charge on any atom is 0.337 e. The molecule has 10 heteroatoms. The van der Waals surface area contributed by atoms with E-state index in [1.807, 2.05) is 26.0 Å². The molecular weight excluding hydrogens is 466 g/mol. The average molecular weight is 494 g/mol. The van der Waals surface area contributed by atoms with Gasteiger partial charge < -0.3 is 20.6 Å². The second-order valence-electron chi connectivity index (χ2n) is 8.32. The number of nitrogens with one attached hydrogen (secondary N) is 3. The Balaban J connectivity index is 1.45. The van der Waals surface area contributed by atoms with Gasteiger partial charge in [0.2, 0.25) is 0 Å². The summed E-state index contributed by atoms with van der Waals surface area (Å²) < 4.78 is 6.48. The van der Waals surface area contributed by atoms with Crippen molar-refractivity contribution in [1.29, 1.82) is 0 Å². The van der Waals surface area contributed by atoms with Gasteiger partial charge in [0.05, 0.1) is 18.4 Å². The average Bonchev–Trinajstić information content (AvgIpc) is 3.41. The van der Waals surface area contributed by atoms with Crippen LogP contribution < -0.4 is 15.9 Å². The minimum Gasteiger partial charge on any atom is -0.595 e. The lowest BCUT2D eigenvalue weighted by atomic mass is 9.96. The number of benzene rings is 2. The Morgan fingerprint density at radius 2 is 2.00 bits per heavy atom. The number of aromatic nitrogens is 2. The van der Waals surface area contributed by atoms with E-state index in [4.69, 9.17) is 17.0 Å². The van der Waals surface area contributed by atoms with Crippen LogP contribution in [0.3, 0.4) is 0 Å². The van der Waals surface area contributed by atoms with E-state index in [0.29, 0.717) is 22.1 Å². The van der Waals surface area contributed by atoms with Crippen LogP contribution in [0.25, 0.3) is 5.69 Å². The van der Waals surface area contributed by atoms with E-state index in [1.54, 1.807) is 41.1 Å². The van der Waals surface area contributed by atoms with Crippen LogP contribution in [-0.4, -0.2) is 39.2 Å². The largest absolute Gasteiger partial charge is 0.595 e.